The van der Waals surface area contributed by atoms with E-state index in [-0.39, 0.29) is 17.8 Å². The number of Topliss-reactive ketones (excluding diaryl/α,β-unsaturated/α-hetero) is 1. The predicted molar refractivity (Wildman–Crippen MR) is 47.0 cm³/mol. The van der Waals surface area contributed by atoms with Crippen molar-refractivity contribution < 1.29 is 14.3 Å². The quantitative estimate of drug-likeness (QED) is 0.723. The number of carbonyl (C=O) groups excluding carboxylic acids is 1. The van der Waals surface area contributed by atoms with Gasteiger partial charge in [-0.05, 0) is 19.1 Å². The third-order valence-electron chi connectivity index (χ3n) is 1.66. The fourth-order valence-corrected chi connectivity index (χ4v) is 1.07. The fraction of sp³-hybridized carbons (Fsp3) is 0.300. The average Bonchev–Trinajstić information content (AvgIpc) is 2.03. The third-order valence-corrected chi connectivity index (χ3v) is 1.66. The molecule has 0 aliphatic carbocycles. The normalized spacial score (nSPS) is 12.5. The zero-order chi connectivity index (χ0) is 9.84. The lowest BCUT2D eigenvalue weighted by Gasteiger charge is -2.03. The van der Waals surface area contributed by atoms with Gasteiger partial charge in [-0.1, -0.05) is 12.1 Å². The van der Waals surface area contributed by atoms with Gasteiger partial charge < -0.3 is 5.11 Å². The second-order valence-corrected chi connectivity index (χ2v) is 2.96. The molecule has 0 aromatic heterocycles. The van der Waals surface area contributed by atoms with Crippen LogP contribution in [0.1, 0.15) is 23.7 Å². The first-order chi connectivity index (χ1) is 6.11. The highest BCUT2D eigenvalue weighted by Gasteiger charge is 2.12. The molecule has 0 radical (unpaired) electrons. The number of halogens is 1. The molecule has 1 N–H and O–H groups in total. The molecule has 1 unspecified atom stereocenters. The molecule has 0 saturated heterocycles. The highest BCUT2D eigenvalue weighted by molar-refractivity contribution is 5.96. The Morgan fingerprint density at radius 2 is 2.15 bits per heavy atom. The molecule has 0 fully saturated rings. The van der Waals surface area contributed by atoms with Gasteiger partial charge in [0.15, 0.2) is 5.78 Å². The molecule has 0 spiro atoms. The van der Waals surface area contributed by atoms with E-state index in [0.717, 1.165) is 0 Å². The lowest BCUT2D eigenvalue weighted by atomic mass is 10.1. The van der Waals surface area contributed by atoms with Gasteiger partial charge in [0, 0.05) is 6.42 Å². The van der Waals surface area contributed by atoms with Crippen LogP contribution in [0.5, 0.6) is 0 Å². The first-order valence-electron chi connectivity index (χ1n) is 4.07. The maximum absolute atomic E-state index is 13.0. The Morgan fingerprint density at radius 3 is 2.69 bits per heavy atom. The van der Waals surface area contributed by atoms with Gasteiger partial charge in [0.25, 0.3) is 0 Å². The maximum Gasteiger partial charge on any atom is 0.168 e. The van der Waals surface area contributed by atoms with Crippen molar-refractivity contribution in [3.63, 3.8) is 0 Å². The van der Waals surface area contributed by atoms with Gasteiger partial charge in [-0.3, -0.25) is 4.79 Å². The van der Waals surface area contributed by atoms with Crippen LogP contribution >= 0.6 is 0 Å². The Hall–Kier alpha value is -1.22. The molecule has 0 heterocycles. The Balaban J connectivity index is 2.83. The first-order valence-corrected chi connectivity index (χ1v) is 4.07. The molecular weight excluding hydrogens is 171 g/mol. The van der Waals surface area contributed by atoms with Crippen molar-refractivity contribution in [2.45, 2.75) is 19.4 Å². The Labute approximate surface area is 76.0 Å². The number of benzene rings is 1. The van der Waals surface area contributed by atoms with Crippen molar-refractivity contribution in [1.82, 2.24) is 0 Å². The summed E-state index contributed by atoms with van der Waals surface area (Å²) in [6.45, 7) is 1.50. The lowest BCUT2D eigenvalue weighted by molar-refractivity contribution is 0.0897. The molecule has 0 aliphatic heterocycles. The van der Waals surface area contributed by atoms with Crippen LogP contribution in [0.3, 0.4) is 0 Å². The van der Waals surface area contributed by atoms with E-state index in [1.807, 2.05) is 0 Å². The van der Waals surface area contributed by atoms with E-state index < -0.39 is 11.9 Å². The Kier molecular flexibility index (Phi) is 3.14. The molecule has 1 aromatic rings. The summed E-state index contributed by atoms with van der Waals surface area (Å²) < 4.78 is 13.0. The standard InChI is InChI=1S/C10H11FO2/c1-7(12)6-10(13)8-4-2-3-5-9(8)11/h2-5,7,12H,6H2,1H3. The summed E-state index contributed by atoms with van der Waals surface area (Å²) in [6.07, 6.45) is -0.770. The minimum atomic E-state index is -0.730. The van der Waals surface area contributed by atoms with Crippen molar-refractivity contribution in [2.24, 2.45) is 0 Å². The van der Waals surface area contributed by atoms with Crippen molar-refractivity contribution in [3.8, 4) is 0 Å². The van der Waals surface area contributed by atoms with E-state index in [1.54, 1.807) is 6.07 Å². The largest absolute Gasteiger partial charge is 0.393 e. The average molecular weight is 182 g/mol. The second-order valence-electron chi connectivity index (χ2n) is 2.96. The third kappa shape index (κ3) is 2.63. The topological polar surface area (TPSA) is 37.3 Å². The number of aliphatic hydroxyl groups is 1. The molecule has 13 heavy (non-hydrogen) atoms. The molecule has 0 amide bonds. The van der Waals surface area contributed by atoms with Crippen LogP contribution in [0.4, 0.5) is 4.39 Å². The van der Waals surface area contributed by atoms with E-state index in [4.69, 9.17) is 5.11 Å². The monoisotopic (exact) mass is 182 g/mol. The molecule has 70 valence electrons. The van der Waals surface area contributed by atoms with E-state index in [9.17, 15) is 9.18 Å². The van der Waals surface area contributed by atoms with Gasteiger partial charge in [0.2, 0.25) is 0 Å². The van der Waals surface area contributed by atoms with Gasteiger partial charge in [-0.2, -0.15) is 0 Å². The zero-order valence-electron chi connectivity index (χ0n) is 7.33. The van der Waals surface area contributed by atoms with Gasteiger partial charge in [0.05, 0.1) is 11.7 Å². The molecule has 1 aromatic carbocycles. The Bertz CT molecular complexity index is 308. The molecule has 2 nitrogen and oxygen atoms in total. The van der Waals surface area contributed by atoms with Gasteiger partial charge >= 0.3 is 0 Å². The van der Waals surface area contributed by atoms with Gasteiger partial charge in [-0.15, -0.1) is 0 Å². The first kappa shape index (κ1) is 9.86. The fourth-order valence-electron chi connectivity index (χ4n) is 1.07. The number of rotatable bonds is 3. The van der Waals surface area contributed by atoms with Crippen molar-refractivity contribution >= 4 is 5.78 Å². The number of carbonyl (C=O) groups is 1. The highest BCUT2D eigenvalue weighted by Crippen LogP contribution is 2.10. The van der Waals surface area contributed by atoms with Crippen LogP contribution in [-0.2, 0) is 0 Å². The number of ketones is 1. The van der Waals surface area contributed by atoms with E-state index >= 15 is 0 Å². The van der Waals surface area contributed by atoms with Crippen molar-refractivity contribution in [2.75, 3.05) is 0 Å². The Morgan fingerprint density at radius 1 is 1.54 bits per heavy atom. The van der Waals surface area contributed by atoms with Crippen LogP contribution < -0.4 is 0 Å². The summed E-state index contributed by atoms with van der Waals surface area (Å²) >= 11 is 0. The van der Waals surface area contributed by atoms with Crippen LogP contribution in [0.25, 0.3) is 0 Å². The van der Waals surface area contributed by atoms with Gasteiger partial charge in [-0.25, -0.2) is 4.39 Å². The van der Waals surface area contributed by atoms with E-state index in [2.05, 4.69) is 0 Å². The SMILES string of the molecule is CC(O)CC(=O)c1ccccc1F. The summed E-state index contributed by atoms with van der Waals surface area (Å²) in [5.41, 5.74) is 0.0448. The molecule has 1 rings (SSSR count). The lowest BCUT2D eigenvalue weighted by Crippen LogP contribution is -2.10. The second kappa shape index (κ2) is 4.14. The van der Waals surface area contributed by atoms with Gasteiger partial charge in [0.1, 0.15) is 5.82 Å². The number of aliphatic hydroxyl groups excluding tert-OH is 1. The summed E-state index contributed by atoms with van der Waals surface area (Å²) in [5.74, 6) is -0.902. The van der Waals surface area contributed by atoms with Crippen LogP contribution in [0.15, 0.2) is 24.3 Å². The van der Waals surface area contributed by atoms with E-state index in [0.29, 0.717) is 0 Å². The summed E-state index contributed by atoms with van der Waals surface area (Å²) in [5, 5.41) is 8.93. The highest BCUT2D eigenvalue weighted by atomic mass is 19.1. The predicted octanol–water partition coefficient (Wildman–Crippen LogP) is 1.78. The van der Waals surface area contributed by atoms with Crippen molar-refractivity contribution in [1.29, 1.82) is 0 Å². The smallest absolute Gasteiger partial charge is 0.168 e. The van der Waals surface area contributed by atoms with Crippen LogP contribution in [-0.4, -0.2) is 17.0 Å². The van der Waals surface area contributed by atoms with Crippen LogP contribution in [0.2, 0.25) is 0 Å². The molecular formula is C10H11FO2. The minimum absolute atomic E-state index is 0.0407. The number of hydrogen-bond acceptors (Lipinski definition) is 2. The molecule has 0 saturated carbocycles. The molecule has 0 aliphatic rings. The molecule has 0 bridgehead atoms. The molecule has 3 heteroatoms. The zero-order valence-corrected chi connectivity index (χ0v) is 7.33. The minimum Gasteiger partial charge on any atom is -0.393 e. The van der Waals surface area contributed by atoms with Crippen LogP contribution in [0, 0.1) is 5.82 Å². The van der Waals surface area contributed by atoms with E-state index in [1.165, 1.54) is 25.1 Å². The van der Waals surface area contributed by atoms with Crippen molar-refractivity contribution in [3.05, 3.63) is 35.6 Å². The summed E-state index contributed by atoms with van der Waals surface area (Å²) in [7, 11) is 0. The summed E-state index contributed by atoms with van der Waals surface area (Å²) in [6, 6.07) is 5.77. The summed E-state index contributed by atoms with van der Waals surface area (Å²) in [4.78, 5) is 11.3. The molecule has 1 atom stereocenters. The number of hydrogen-bond donors (Lipinski definition) is 1. The maximum atomic E-state index is 13.0.